The van der Waals surface area contributed by atoms with Crippen molar-refractivity contribution in [2.75, 3.05) is 22.4 Å². The van der Waals surface area contributed by atoms with Crippen molar-refractivity contribution in [1.29, 1.82) is 0 Å². The number of sulfonamides is 1. The standard InChI is InChI=1S/C21H25N3O5S2/c1-5-23-18-11-6-15(12-19(18)30-21(23)26)22-20(25)13-24(31(4,27)28)16-7-9-17(10-8-16)29-14(2)3/h6-12,14H,5,13H2,1-4H3,(H,22,25). The number of rotatable bonds is 8. The molecule has 0 unspecified atom stereocenters. The number of carbonyl (C=O) groups is 1. The predicted molar refractivity (Wildman–Crippen MR) is 125 cm³/mol. The van der Waals surface area contributed by atoms with Gasteiger partial charge in [-0.1, -0.05) is 11.3 Å². The summed E-state index contributed by atoms with van der Waals surface area (Å²) < 4.78 is 33.6. The van der Waals surface area contributed by atoms with E-state index in [0.717, 1.165) is 32.1 Å². The molecule has 0 saturated heterocycles. The van der Waals surface area contributed by atoms with Crippen molar-refractivity contribution >= 4 is 48.9 Å². The van der Waals surface area contributed by atoms with Gasteiger partial charge in [0.2, 0.25) is 15.9 Å². The van der Waals surface area contributed by atoms with Crippen LogP contribution in [0.3, 0.4) is 0 Å². The Morgan fingerprint density at radius 1 is 1.19 bits per heavy atom. The van der Waals surface area contributed by atoms with Crippen LogP contribution in [0.4, 0.5) is 11.4 Å². The molecular formula is C21H25N3O5S2. The molecule has 10 heteroatoms. The van der Waals surface area contributed by atoms with Crippen LogP contribution in [0.25, 0.3) is 10.2 Å². The van der Waals surface area contributed by atoms with Crippen LogP contribution in [-0.2, 0) is 21.4 Å². The van der Waals surface area contributed by atoms with Crippen molar-refractivity contribution in [2.45, 2.75) is 33.4 Å². The first-order chi connectivity index (χ1) is 14.6. The van der Waals surface area contributed by atoms with Gasteiger partial charge in [0.1, 0.15) is 12.3 Å². The zero-order valence-electron chi connectivity index (χ0n) is 17.8. The third kappa shape index (κ3) is 5.45. The van der Waals surface area contributed by atoms with Crippen LogP contribution in [0.2, 0.25) is 0 Å². The number of anilines is 2. The van der Waals surface area contributed by atoms with E-state index in [1.54, 1.807) is 47.0 Å². The summed E-state index contributed by atoms with van der Waals surface area (Å²) in [7, 11) is -3.69. The number of hydrogen-bond acceptors (Lipinski definition) is 6. The van der Waals surface area contributed by atoms with Crippen LogP contribution in [0, 0.1) is 0 Å². The minimum Gasteiger partial charge on any atom is -0.491 e. The summed E-state index contributed by atoms with van der Waals surface area (Å²) in [5.41, 5.74) is 1.66. The summed E-state index contributed by atoms with van der Waals surface area (Å²) in [4.78, 5) is 24.6. The summed E-state index contributed by atoms with van der Waals surface area (Å²) >= 11 is 1.10. The molecule has 1 N–H and O–H groups in total. The zero-order valence-corrected chi connectivity index (χ0v) is 19.4. The maximum Gasteiger partial charge on any atom is 0.308 e. The molecule has 0 fully saturated rings. The summed E-state index contributed by atoms with van der Waals surface area (Å²) in [6, 6.07) is 11.7. The van der Waals surface area contributed by atoms with E-state index in [0.29, 0.717) is 23.7 Å². The smallest absolute Gasteiger partial charge is 0.308 e. The molecule has 31 heavy (non-hydrogen) atoms. The molecule has 1 amide bonds. The van der Waals surface area contributed by atoms with Gasteiger partial charge in [0, 0.05) is 12.2 Å². The van der Waals surface area contributed by atoms with Crippen LogP contribution < -0.4 is 19.2 Å². The van der Waals surface area contributed by atoms with Gasteiger partial charge in [0.25, 0.3) is 0 Å². The number of nitrogens with zero attached hydrogens (tertiary/aromatic N) is 2. The predicted octanol–water partition coefficient (Wildman–Crippen LogP) is 3.27. The third-order valence-electron chi connectivity index (χ3n) is 4.45. The van der Waals surface area contributed by atoms with E-state index in [1.807, 2.05) is 20.8 Å². The molecular weight excluding hydrogens is 438 g/mol. The number of hydrogen-bond donors (Lipinski definition) is 1. The number of fused-ring (bicyclic) bond motifs is 1. The average molecular weight is 464 g/mol. The van der Waals surface area contributed by atoms with Crippen molar-refractivity contribution in [3.8, 4) is 5.75 Å². The molecule has 1 heterocycles. The molecule has 0 saturated carbocycles. The molecule has 0 bridgehead atoms. The first-order valence-electron chi connectivity index (χ1n) is 9.76. The van der Waals surface area contributed by atoms with Gasteiger partial charge in [-0.15, -0.1) is 0 Å². The number of carbonyl (C=O) groups excluding carboxylic acids is 1. The highest BCUT2D eigenvalue weighted by atomic mass is 32.2. The Morgan fingerprint density at radius 2 is 1.87 bits per heavy atom. The summed E-state index contributed by atoms with van der Waals surface area (Å²) in [5, 5.41) is 2.72. The molecule has 2 aromatic carbocycles. The lowest BCUT2D eigenvalue weighted by Crippen LogP contribution is -2.37. The van der Waals surface area contributed by atoms with Gasteiger partial charge in [-0.2, -0.15) is 0 Å². The van der Waals surface area contributed by atoms with E-state index >= 15 is 0 Å². The van der Waals surface area contributed by atoms with Crippen molar-refractivity contribution in [3.63, 3.8) is 0 Å². The molecule has 3 rings (SSSR count). The molecule has 0 aliphatic carbocycles. The molecule has 0 radical (unpaired) electrons. The van der Waals surface area contributed by atoms with Gasteiger partial charge >= 0.3 is 4.87 Å². The van der Waals surface area contributed by atoms with Gasteiger partial charge in [0.15, 0.2) is 0 Å². The summed E-state index contributed by atoms with van der Waals surface area (Å²) in [5.74, 6) is 0.123. The normalized spacial score (nSPS) is 11.6. The van der Waals surface area contributed by atoms with Crippen LogP contribution >= 0.6 is 11.3 Å². The maximum absolute atomic E-state index is 12.6. The van der Waals surface area contributed by atoms with Gasteiger partial charge in [-0.3, -0.25) is 18.5 Å². The highest BCUT2D eigenvalue weighted by Crippen LogP contribution is 2.24. The fourth-order valence-electron chi connectivity index (χ4n) is 3.14. The highest BCUT2D eigenvalue weighted by Gasteiger charge is 2.21. The van der Waals surface area contributed by atoms with Gasteiger partial charge < -0.3 is 10.1 Å². The van der Waals surface area contributed by atoms with Crippen LogP contribution in [0.1, 0.15) is 20.8 Å². The number of aryl methyl sites for hydroxylation is 1. The number of thiazole rings is 1. The Kier molecular flexibility index (Phi) is 6.71. The molecule has 0 aliphatic rings. The number of aromatic nitrogens is 1. The van der Waals surface area contributed by atoms with Crippen LogP contribution in [-0.4, -0.2) is 37.8 Å². The Bertz CT molecular complexity index is 1240. The van der Waals surface area contributed by atoms with E-state index < -0.39 is 15.9 Å². The lowest BCUT2D eigenvalue weighted by atomic mass is 10.2. The summed E-state index contributed by atoms with van der Waals surface area (Å²) in [6.45, 7) is 5.87. The molecule has 0 spiro atoms. The largest absolute Gasteiger partial charge is 0.491 e. The average Bonchev–Trinajstić information content (AvgIpc) is 2.99. The Morgan fingerprint density at radius 3 is 2.45 bits per heavy atom. The molecule has 1 aromatic heterocycles. The van der Waals surface area contributed by atoms with Crippen molar-refractivity contribution in [2.24, 2.45) is 0 Å². The third-order valence-corrected chi connectivity index (χ3v) is 6.53. The Labute approximate surface area is 185 Å². The number of amides is 1. The molecule has 166 valence electrons. The van der Waals surface area contributed by atoms with Gasteiger partial charge in [0.05, 0.1) is 28.3 Å². The fraction of sp³-hybridized carbons (Fsp3) is 0.333. The minimum absolute atomic E-state index is 0.00665. The van der Waals surface area contributed by atoms with E-state index in [2.05, 4.69) is 5.32 Å². The SMILES string of the molecule is CCn1c(=O)sc2cc(NC(=O)CN(c3ccc(OC(C)C)cc3)S(C)(=O)=O)ccc21. The van der Waals surface area contributed by atoms with Crippen LogP contribution in [0.5, 0.6) is 5.75 Å². The van der Waals surface area contributed by atoms with Crippen LogP contribution in [0.15, 0.2) is 47.3 Å². The first-order valence-corrected chi connectivity index (χ1v) is 12.4. The number of nitrogens with one attached hydrogen (secondary N) is 1. The van der Waals surface area contributed by atoms with E-state index in [-0.39, 0.29) is 17.5 Å². The van der Waals surface area contributed by atoms with E-state index in [1.165, 1.54) is 0 Å². The lowest BCUT2D eigenvalue weighted by molar-refractivity contribution is -0.114. The molecule has 3 aromatic rings. The van der Waals surface area contributed by atoms with Crippen molar-refractivity contribution < 1.29 is 17.9 Å². The van der Waals surface area contributed by atoms with E-state index in [9.17, 15) is 18.0 Å². The summed E-state index contributed by atoms with van der Waals surface area (Å²) in [6.07, 6.45) is 1.04. The minimum atomic E-state index is -3.69. The number of ether oxygens (including phenoxy) is 1. The second-order valence-corrected chi connectivity index (χ2v) is 10.2. The monoisotopic (exact) mass is 463 g/mol. The van der Waals surface area contributed by atoms with Crippen molar-refractivity contribution in [1.82, 2.24) is 4.57 Å². The fourth-order valence-corrected chi connectivity index (χ4v) is 4.99. The Hall–Kier alpha value is -2.85. The topological polar surface area (TPSA) is 97.7 Å². The maximum atomic E-state index is 12.6. The van der Waals surface area contributed by atoms with E-state index in [4.69, 9.17) is 4.74 Å². The zero-order chi connectivity index (χ0) is 22.8. The highest BCUT2D eigenvalue weighted by molar-refractivity contribution is 7.92. The second-order valence-electron chi connectivity index (χ2n) is 7.27. The van der Waals surface area contributed by atoms with Gasteiger partial charge in [-0.25, -0.2) is 8.42 Å². The first kappa shape index (κ1) is 22.8. The molecule has 0 atom stereocenters. The molecule has 8 nitrogen and oxygen atoms in total. The lowest BCUT2D eigenvalue weighted by Gasteiger charge is -2.22. The quantitative estimate of drug-likeness (QED) is 0.553. The second kappa shape index (κ2) is 9.11. The number of benzene rings is 2. The van der Waals surface area contributed by atoms with Crippen molar-refractivity contribution in [3.05, 3.63) is 52.1 Å². The molecule has 0 aliphatic heterocycles. The van der Waals surface area contributed by atoms with Gasteiger partial charge in [-0.05, 0) is 63.2 Å². The Balaban J connectivity index is 1.78.